The zero-order valence-corrected chi connectivity index (χ0v) is 10.9. The predicted molar refractivity (Wildman–Crippen MR) is 76.9 cm³/mol. The van der Waals surface area contributed by atoms with Crippen LogP contribution in [0, 0.1) is 0 Å². The lowest BCUT2D eigenvalue weighted by molar-refractivity contribution is 0.118. The molecule has 0 saturated heterocycles. The topological polar surface area (TPSA) is 32.3 Å². The smallest absolute Gasteiger partial charge is 0.0736 e. The fourth-order valence-electron chi connectivity index (χ4n) is 2.75. The first-order valence-corrected chi connectivity index (χ1v) is 6.85. The molecule has 0 spiro atoms. The maximum absolute atomic E-state index is 10.2. The van der Waals surface area contributed by atoms with Gasteiger partial charge in [0.1, 0.15) is 0 Å². The van der Waals surface area contributed by atoms with Crippen LogP contribution in [-0.2, 0) is 19.4 Å². The Kier molecular flexibility index (Phi) is 3.62. The van der Waals surface area contributed by atoms with Crippen LogP contribution in [0.2, 0.25) is 0 Å². The van der Waals surface area contributed by atoms with Crippen molar-refractivity contribution in [1.29, 1.82) is 0 Å². The summed E-state index contributed by atoms with van der Waals surface area (Å²) in [6.45, 7) is 0.810. The summed E-state index contributed by atoms with van der Waals surface area (Å²) in [7, 11) is 0. The standard InChI is InChI=1S/C17H19NO/c19-17-11-15-9-5-4-8-14(15)10-16(17)18-12-13-6-2-1-3-7-13/h1-9,16-19H,10-12H2/t16-,17-/m1/s1. The van der Waals surface area contributed by atoms with E-state index in [9.17, 15) is 5.11 Å². The van der Waals surface area contributed by atoms with Crippen molar-refractivity contribution < 1.29 is 5.11 Å². The normalized spacial score (nSPS) is 21.9. The van der Waals surface area contributed by atoms with Gasteiger partial charge in [0.2, 0.25) is 0 Å². The molecule has 1 aliphatic carbocycles. The molecule has 0 heterocycles. The molecule has 2 aromatic rings. The van der Waals surface area contributed by atoms with Crippen molar-refractivity contribution in [3.05, 3.63) is 71.3 Å². The van der Waals surface area contributed by atoms with Crippen LogP contribution < -0.4 is 5.32 Å². The second-order valence-electron chi connectivity index (χ2n) is 5.22. The Balaban J connectivity index is 1.66. The molecule has 0 amide bonds. The summed E-state index contributed by atoms with van der Waals surface area (Å²) in [6.07, 6.45) is 1.37. The SMILES string of the molecule is O[C@@H]1Cc2ccccc2C[C@H]1NCc1ccccc1. The van der Waals surface area contributed by atoms with E-state index >= 15 is 0 Å². The average Bonchev–Trinajstić information content (AvgIpc) is 2.46. The Hall–Kier alpha value is -1.64. The molecule has 2 heteroatoms. The minimum Gasteiger partial charge on any atom is -0.391 e. The number of hydrogen-bond acceptors (Lipinski definition) is 2. The quantitative estimate of drug-likeness (QED) is 0.879. The van der Waals surface area contributed by atoms with Crippen molar-refractivity contribution in [2.24, 2.45) is 0 Å². The number of aliphatic hydroxyl groups excluding tert-OH is 1. The van der Waals surface area contributed by atoms with Gasteiger partial charge in [0.15, 0.2) is 0 Å². The van der Waals surface area contributed by atoms with Crippen molar-refractivity contribution in [3.8, 4) is 0 Å². The van der Waals surface area contributed by atoms with Gasteiger partial charge in [0.05, 0.1) is 6.10 Å². The van der Waals surface area contributed by atoms with Gasteiger partial charge in [-0.05, 0) is 23.1 Å². The summed E-state index contributed by atoms with van der Waals surface area (Å²) in [5.41, 5.74) is 3.90. The van der Waals surface area contributed by atoms with Crippen LogP contribution >= 0.6 is 0 Å². The first-order valence-electron chi connectivity index (χ1n) is 6.85. The van der Waals surface area contributed by atoms with Gasteiger partial charge in [-0.1, -0.05) is 54.6 Å². The lowest BCUT2D eigenvalue weighted by Crippen LogP contribution is -2.45. The third kappa shape index (κ3) is 2.86. The molecular weight excluding hydrogens is 234 g/mol. The van der Waals surface area contributed by atoms with Gasteiger partial charge in [0, 0.05) is 19.0 Å². The first-order chi connectivity index (χ1) is 9.33. The highest BCUT2D eigenvalue weighted by Crippen LogP contribution is 2.21. The van der Waals surface area contributed by atoms with Gasteiger partial charge < -0.3 is 10.4 Å². The van der Waals surface area contributed by atoms with Crippen molar-refractivity contribution in [2.45, 2.75) is 31.5 Å². The number of rotatable bonds is 3. The average molecular weight is 253 g/mol. The highest BCUT2D eigenvalue weighted by atomic mass is 16.3. The number of nitrogens with one attached hydrogen (secondary N) is 1. The molecule has 2 nitrogen and oxygen atoms in total. The van der Waals surface area contributed by atoms with Gasteiger partial charge in [-0.3, -0.25) is 0 Å². The Morgan fingerprint density at radius 1 is 0.895 bits per heavy atom. The van der Waals surface area contributed by atoms with Crippen molar-refractivity contribution >= 4 is 0 Å². The Bertz CT molecular complexity index is 538. The van der Waals surface area contributed by atoms with E-state index in [4.69, 9.17) is 0 Å². The number of aliphatic hydroxyl groups is 1. The molecule has 0 aromatic heterocycles. The van der Waals surface area contributed by atoms with Crippen LogP contribution in [0.15, 0.2) is 54.6 Å². The molecule has 0 unspecified atom stereocenters. The van der Waals surface area contributed by atoms with E-state index in [2.05, 4.69) is 35.6 Å². The fraction of sp³-hybridized carbons (Fsp3) is 0.294. The molecule has 3 rings (SSSR count). The number of benzene rings is 2. The summed E-state index contributed by atoms with van der Waals surface area (Å²) < 4.78 is 0. The van der Waals surface area contributed by atoms with Crippen LogP contribution in [0.3, 0.4) is 0 Å². The minimum absolute atomic E-state index is 0.148. The third-order valence-electron chi connectivity index (χ3n) is 3.86. The minimum atomic E-state index is -0.293. The Labute approximate surface area is 114 Å². The van der Waals surface area contributed by atoms with E-state index < -0.39 is 0 Å². The molecule has 0 radical (unpaired) electrons. The summed E-state index contributed by atoms with van der Waals surface area (Å²) >= 11 is 0. The van der Waals surface area contributed by atoms with E-state index in [1.54, 1.807) is 0 Å². The van der Waals surface area contributed by atoms with Crippen LogP contribution in [-0.4, -0.2) is 17.3 Å². The largest absolute Gasteiger partial charge is 0.391 e. The zero-order chi connectivity index (χ0) is 13.1. The van der Waals surface area contributed by atoms with Crippen molar-refractivity contribution in [2.75, 3.05) is 0 Å². The molecule has 1 aliphatic rings. The fourth-order valence-corrected chi connectivity index (χ4v) is 2.75. The zero-order valence-electron chi connectivity index (χ0n) is 10.9. The predicted octanol–water partition coefficient (Wildman–Crippen LogP) is 2.30. The van der Waals surface area contributed by atoms with Gasteiger partial charge in [-0.15, -0.1) is 0 Å². The summed E-state index contributed by atoms with van der Waals surface area (Å²) in [4.78, 5) is 0. The molecule has 0 aliphatic heterocycles. The number of hydrogen-bond donors (Lipinski definition) is 2. The van der Waals surface area contributed by atoms with E-state index in [0.717, 1.165) is 19.4 Å². The van der Waals surface area contributed by atoms with Crippen LogP contribution in [0.1, 0.15) is 16.7 Å². The van der Waals surface area contributed by atoms with Gasteiger partial charge in [0.25, 0.3) is 0 Å². The van der Waals surface area contributed by atoms with E-state index in [-0.39, 0.29) is 12.1 Å². The van der Waals surface area contributed by atoms with Crippen LogP contribution in [0.4, 0.5) is 0 Å². The molecular formula is C17H19NO. The lowest BCUT2D eigenvalue weighted by atomic mass is 9.86. The number of fused-ring (bicyclic) bond motifs is 1. The highest BCUT2D eigenvalue weighted by molar-refractivity contribution is 5.31. The molecule has 0 bridgehead atoms. The molecule has 19 heavy (non-hydrogen) atoms. The van der Waals surface area contributed by atoms with Crippen molar-refractivity contribution in [1.82, 2.24) is 5.32 Å². The summed E-state index contributed by atoms with van der Waals surface area (Å²) in [5.74, 6) is 0. The monoisotopic (exact) mass is 253 g/mol. The summed E-state index contributed by atoms with van der Waals surface area (Å²) in [5, 5.41) is 13.7. The third-order valence-corrected chi connectivity index (χ3v) is 3.86. The first kappa shape index (κ1) is 12.4. The van der Waals surface area contributed by atoms with E-state index in [1.165, 1.54) is 16.7 Å². The van der Waals surface area contributed by atoms with Gasteiger partial charge in [-0.25, -0.2) is 0 Å². The second kappa shape index (κ2) is 5.55. The Morgan fingerprint density at radius 3 is 2.26 bits per heavy atom. The molecule has 2 aromatic carbocycles. The lowest BCUT2D eigenvalue weighted by Gasteiger charge is -2.30. The molecule has 2 atom stereocenters. The molecule has 98 valence electrons. The van der Waals surface area contributed by atoms with Crippen LogP contribution in [0.25, 0.3) is 0 Å². The Morgan fingerprint density at radius 2 is 1.53 bits per heavy atom. The van der Waals surface area contributed by atoms with Crippen LogP contribution in [0.5, 0.6) is 0 Å². The summed E-state index contributed by atoms with van der Waals surface area (Å²) in [6, 6.07) is 18.9. The van der Waals surface area contributed by atoms with Crippen molar-refractivity contribution in [3.63, 3.8) is 0 Å². The maximum atomic E-state index is 10.2. The van der Waals surface area contributed by atoms with E-state index in [0.29, 0.717) is 0 Å². The highest BCUT2D eigenvalue weighted by Gasteiger charge is 2.25. The molecule has 0 fully saturated rings. The van der Waals surface area contributed by atoms with Gasteiger partial charge >= 0.3 is 0 Å². The second-order valence-corrected chi connectivity index (χ2v) is 5.22. The van der Waals surface area contributed by atoms with E-state index in [1.807, 2.05) is 24.3 Å². The molecule has 2 N–H and O–H groups in total. The molecule has 0 saturated carbocycles. The maximum Gasteiger partial charge on any atom is 0.0736 e. The van der Waals surface area contributed by atoms with Gasteiger partial charge in [-0.2, -0.15) is 0 Å².